The maximum atomic E-state index is 12.2. The second kappa shape index (κ2) is 11.1. The third-order valence-corrected chi connectivity index (χ3v) is 5.68. The van der Waals surface area contributed by atoms with E-state index in [2.05, 4.69) is 16.0 Å². The molecule has 0 aliphatic rings. The molecule has 3 rings (SSSR count). The molecule has 7 heteroatoms. The number of nitrogens with one attached hydrogen (secondary N) is 3. The zero-order valence-electron chi connectivity index (χ0n) is 17.3. The number of thiophene rings is 1. The van der Waals surface area contributed by atoms with Gasteiger partial charge in [-0.3, -0.25) is 14.4 Å². The smallest absolute Gasteiger partial charge is 0.309 e. The number of hydrogen-bond acceptors (Lipinski definition) is 4. The fourth-order valence-electron chi connectivity index (χ4n) is 3.05. The summed E-state index contributed by atoms with van der Waals surface area (Å²) in [5.41, 5.74) is 3.17. The normalized spacial score (nSPS) is 11.4. The van der Waals surface area contributed by atoms with Crippen molar-refractivity contribution in [2.75, 3.05) is 13.1 Å². The first-order valence-corrected chi connectivity index (χ1v) is 10.9. The Balaban J connectivity index is 1.40. The third kappa shape index (κ3) is 6.79. The average molecular weight is 436 g/mol. The van der Waals surface area contributed by atoms with E-state index in [0.717, 1.165) is 21.6 Å². The number of benzene rings is 2. The summed E-state index contributed by atoms with van der Waals surface area (Å²) in [6.07, 6.45) is 0.664. The number of amides is 3. The van der Waals surface area contributed by atoms with Crippen LogP contribution in [0.25, 0.3) is 11.1 Å². The van der Waals surface area contributed by atoms with Gasteiger partial charge in [0.05, 0.1) is 12.6 Å². The summed E-state index contributed by atoms with van der Waals surface area (Å²) in [6.45, 7) is 1.98. The predicted molar refractivity (Wildman–Crippen MR) is 122 cm³/mol. The molecule has 3 amide bonds. The van der Waals surface area contributed by atoms with Crippen molar-refractivity contribution < 1.29 is 14.4 Å². The van der Waals surface area contributed by atoms with Gasteiger partial charge in [-0.25, -0.2) is 0 Å². The summed E-state index contributed by atoms with van der Waals surface area (Å²) in [5.74, 6) is -1.92. The van der Waals surface area contributed by atoms with Gasteiger partial charge in [0.15, 0.2) is 0 Å². The lowest BCUT2D eigenvalue weighted by Gasteiger charge is -2.15. The Morgan fingerprint density at radius 3 is 2.19 bits per heavy atom. The van der Waals surface area contributed by atoms with Crippen LogP contribution >= 0.6 is 11.3 Å². The maximum Gasteiger partial charge on any atom is 0.309 e. The van der Waals surface area contributed by atoms with Crippen LogP contribution in [0, 0.1) is 0 Å². The summed E-state index contributed by atoms with van der Waals surface area (Å²) in [4.78, 5) is 37.0. The molecule has 0 bridgehead atoms. The molecule has 0 saturated heterocycles. The largest absolute Gasteiger partial charge is 0.348 e. The van der Waals surface area contributed by atoms with Gasteiger partial charge in [0, 0.05) is 11.4 Å². The highest BCUT2D eigenvalue weighted by atomic mass is 32.1. The van der Waals surface area contributed by atoms with E-state index in [1.807, 2.05) is 79.0 Å². The van der Waals surface area contributed by atoms with Crippen LogP contribution in [0.2, 0.25) is 0 Å². The first kappa shape index (κ1) is 22.2. The van der Waals surface area contributed by atoms with E-state index in [9.17, 15) is 14.4 Å². The predicted octanol–water partition coefficient (Wildman–Crippen LogP) is 3.07. The van der Waals surface area contributed by atoms with Crippen LogP contribution in [0.4, 0.5) is 0 Å². The van der Waals surface area contributed by atoms with Gasteiger partial charge < -0.3 is 16.0 Å². The molecule has 1 atom stereocenters. The number of carbonyl (C=O) groups is 3. The van der Waals surface area contributed by atoms with Crippen molar-refractivity contribution in [2.24, 2.45) is 0 Å². The lowest BCUT2D eigenvalue weighted by molar-refractivity contribution is -0.139. The van der Waals surface area contributed by atoms with E-state index in [1.54, 1.807) is 11.3 Å². The van der Waals surface area contributed by atoms with Crippen molar-refractivity contribution in [2.45, 2.75) is 19.4 Å². The second-order valence-electron chi connectivity index (χ2n) is 7.05. The molecule has 160 valence electrons. The van der Waals surface area contributed by atoms with Gasteiger partial charge in [-0.2, -0.15) is 0 Å². The zero-order valence-corrected chi connectivity index (χ0v) is 18.1. The second-order valence-corrected chi connectivity index (χ2v) is 8.08. The summed E-state index contributed by atoms with van der Waals surface area (Å²) < 4.78 is 0. The van der Waals surface area contributed by atoms with Gasteiger partial charge in [0.1, 0.15) is 0 Å². The molecule has 0 radical (unpaired) electrons. The molecule has 0 unspecified atom stereocenters. The zero-order chi connectivity index (χ0) is 22.1. The van der Waals surface area contributed by atoms with Gasteiger partial charge >= 0.3 is 11.8 Å². The first-order valence-electron chi connectivity index (χ1n) is 10.1. The highest BCUT2D eigenvalue weighted by Gasteiger charge is 2.15. The molecule has 3 aromatic rings. The van der Waals surface area contributed by atoms with E-state index in [-0.39, 0.29) is 18.5 Å². The van der Waals surface area contributed by atoms with E-state index in [1.165, 1.54) is 0 Å². The highest BCUT2D eigenvalue weighted by Crippen LogP contribution is 2.21. The van der Waals surface area contributed by atoms with Crippen molar-refractivity contribution in [1.82, 2.24) is 16.0 Å². The molecule has 2 aromatic carbocycles. The van der Waals surface area contributed by atoms with Crippen molar-refractivity contribution in [3.8, 4) is 11.1 Å². The Bertz CT molecular complexity index is 1000. The molecule has 6 nitrogen and oxygen atoms in total. The maximum absolute atomic E-state index is 12.2. The topological polar surface area (TPSA) is 87.3 Å². The number of hydrogen-bond donors (Lipinski definition) is 3. The molecule has 0 saturated carbocycles. The molecule has 0 spiro atoms. The number of carbonyl (C=O) groups excluding carboxylic acids is 3. The fourth-order valence-corrected chi connectivity index (χ4v) is 3.75. The lowest BCUT2D eigenvalue weighted by atomic mass is 10.0. The van der Waals surface area contributed by atoms with E-state index in [4.69, 9.17) is 0 Å². The minimum absolute atomic E-state index is 0.228. The van der Waals surface area contributed by atoms with Crippen LogP contribution in [-0.4, -0.2) is 30.8 Å². The molecule has 3 N–H and O–H groups in total. The van der Waals surface area contributed by atoms with Crippen LogP contribution < -0.4 is 16.0 Å². The number of rotatable bonds is 8. The van der Waals surface area contributed by atoms with Gasteiger partial charge in [-0.05, 0) is 41.5 Å². The summed E-state index contributed by atoms with van der Waals surface area (Å²) in [6, 6.07) is 21.7. The van der Waals surface area contributed by atoms with E-state index in [0.29, 0.717) is 13.0 Å². The Hall–Kier alpha value is -3.45. The van der Waals surface area contributed by atoms with Crippen molar-refractivity contribution in [3.63, 3.8) is 0 Å². The van der Waals surface area contributed by atoms with Crippen LogP contribution in [0.5, 0.6) is 0 Å². The molecule has 0 aliphatic heterocycles. The Morgan fingerprint density at radius 1 is 0.839 bits per heavy atom. The van der Waals surface area contributed by atoms with Crippen LogP contribution in [0.15, 0.2) is 72.1 Å². The fraction of sp³-hybridized carbons (Fsp3) is 0.208. The standard InChI is InChI=1S/C24H25N3O3S/c1-17(18-9-11-20(12-10-18)19-6-3-2-4-7-19)27-22(28)16-26-24(30)23(29)25-14-13-21-8-5-15-31-21/h2-12,15,17H,13-14,16H2,1H3,(H,25,29)(H,26,30)(H,27,28)/t17-/m0/s1. The molecule has 0 fully saturated rings. The molecular weight excluding hydrogens is 410 g/mol. The van der Waals surface area contributed by atoms with Crippen molar-refractivity contribution in [1.29, 1.82) is 0 Å². The summed E-state index contributed by atoms with van der Waals surface area (Å²) >= 11 is 1.60. The van der Waals surface area contributed by atoms with Crippen LogP contribution in [-0.2, 0) is 20.8 Å². The average Bonchev–Trinajstić information content (AvgIpc) is 3.31. The Kier molecular flexibility index (Phi) is 7.95. The van der Waals surface area contributed by atoms with Crippen LogP contribution in [0.1, 0.15) is 23.4 Å². The summed E-state index contributed by atoms with van der Waals surface area (Å²) in [7, 11) is 0. The monoisotopic (exact) mass is 435 g/mol. The third-order valence-electron chi connectivity index (χ3n) is 4.75. The molecule has 31 heavy (non-hydrogen) atoms. The molecule has 1 aromatic heterocycles. The lowest BCUT2D eigenvalue weighted by Crippen LogP contribution is -2.44. The molecule has 1 heterocycles. The Labute approximate surface area is 185 Å². The van der Waals surface area contributed by atoms with Gasteiger partial charge in [0.25, 0.3) is 0 Å². The molecule has 0 aliphatic carbocycles. The van der Waals surface area contributed by atoms with Gasteiger partial charge in [-0.15, -0.1) is 11.3 Å². The van der Waals surface area contributed by atoms with E-state index >= 15 is 0 Å². The molecular formula is C24H25N3O3S. The van der Waals surface area contributed by atoms with Crippen molar-refractivity contribution in [3.05, 3.63) is 82.6 Å². The van der Waals surface area contributed by atoms with Crippen LogP contribution in [0.3, 0.4) is 0 Å². The SMILES string of the molecule is C[C@H](NC(=O)CNC(=O)C(=O)NCCc1cccs1)c1ccc(-c2ccccc2)cc1. The van der Waals surface area contributed by atoms with Crippen molar-refractivity contribution >= 4 is 29.1 Å². The van der Waals surface area contributed by atoms with E-state index < -0.39 is 11.8 Å². The van der Waals surface area contributed by atoms with Gasteiger partial charge in [-0.1, -0.05) is 60.7 Å². The first-order chi connectivity index (χ1) is 15.0. The minimum atomic E-state index is -0.818. The summed E-state index contributed by atoms with van der Waals surface area (Å²) in [5, 5.41) is 9.69. The quantitative estimate of drug-likeness (QED) is 0.475. The highest BCUT2D eigenvalue weighted by molar-refractivity contribution is 7.09. The Morgan fingerprint density at radius 2 is 1.52 bits per heavy atom. The van der Waals surface area contributed by atoms with Gasteiger partial charge in [0.2, 0.25) is 5.91 Å². The minimum Gasteiger partial charge on any atom is -0.348 e.